The summed E-state index contributed by atoms with van der Waals surface area (Å²) in [6, 6.07) is -0.0178. The average Bonchev–Trinajstić information content (AvgIpc) is 3.26. The summed E-state index contributed by atoms with van der Waals surface area (Å²) in [6.07, 6.45) is 3.97. The van der Waals surface area contributed by atoms with Crippen molar-refractivity contribution in [3.05, 3.63) is 16.1 Å². The summed E-state index contributed by atoms with van der Waals surface area (Å²) in [7, 11) is -2.88. The summed E-state index contributed by atoms with van der Waals surface area (Å²) in [5, 5.41) is 9.96. The van der Waals surface area contributed by atoms with E-state index in [1.165, 1.54) is 10.7 Å². The van der Waals surface area contributed by atoms with Gasteiger partial charge in [0, 0.05) is 31.1 Å². The minimum absolute atomic E-state index is 0. The Kier molecular flexibility index (Phi) is 10.1. The van der Waals surface area contributed by atoms with Crippen molar-refractivity contribution in [1.82, 2.24) is 20.5 Å². The predicted octanol–water partition coefficient (Wildman–Crippen LogP) is 2.28. The van der Waals surface area contributed by atoms with E-state index in [-0.39, 0.29) is 41.5 Å². The largest absolute Gasteiger partial charge is 0.357 e. The zero-order valence-corrected chi connectivity index (χ0v) is 21.4. The number of nitrogens with one attached hydrogen (secondary N) is 2. The maximum Gasteiger partial charge on any atom is 0.191 e. The molecule has 0 radical (unpaired) electrons. The number of piperidine rings is 1. The summed E-state index contributed by atoms with van der Waals surface area (Å²) >= 11 is 1.76. The molecule has 0 spiro atoms. The molecule has 3 rings (SSSR count). The summed E-state index contributed by atoms with van der Waals surface area (Å²) in [6.45, 7) is 8.87. The van der Waals surface area contributed by atoms with Gasteiger partial charge in [0.1, 0.15) is 0 Å². The predicted molar refractivity (Wildman–Crippen MR) is 131 cm³/mol. The topological polar surface area (TPSA) is 86.7 Å². The van der Waals surface area contributed by atoms with E-state index in [1.54, 1.807) is 11.3 Å². The van der Waals surface area contributed by atoms with E-state index < -0.39 is 9.84 Å². The lowest BCUT2D eigenvalue weighted by atomic mass is 9.97. The molecule has 2 N–H and O–H groups in total. The fourth-order valence-electron chi connectivity index (χ4n) is 3.78. The number of sulfone groups is 1. The van der Waals surface area contributed by atoms with Crippen LogP contribution >= 0.6 is 35.3 Å². The van der Waals surface area contributed by atoms with E-state index in [0.717, 1.165) is 57.9 Å². The number of guanidine groups is 1. The number of halogens is 1. The van der Waals surface area contributed by atoms with Crippen LogP contribution in [0.4, 0.5) is 0 Å². The van der Waals surface area contributed by atoms with Gasteiger partial charge in [0.15, 0.2) is 15.8 Å². The smallest absolute Gasteiger partial charge is 0.191 e. The number of nitrogens with zero attached hydrogens (tertiary/aromatic N) is 3. The molecule has 2 saturated heterocycles. The van der Waals surface area contributed by atoms with Gasteiger partial charge in [0.2, 0.25) is 0 Å². The third-order valence-electron chi connectivity index (χ3n) is 5.42. The summed E-state index contributed by atoms with van der Waals surface area (Å²) in [4.78, 5) is 11.9. The molecule has 166 valence electrons. The summed E-state index contributed by atoms with van der Waals surface area (Å²) in [5.74, 6) is 1.83. The summed E-state index contributed by atoms with van der Waals surface area (Å²) in [5.41, 5.74) is 1.20. The van der Waals surface area contributed by atoms with Crippen LogP contribution in [0.3, 0.4) is 0 Å². The number of likely N-dealkylation sites (tertiary alicyclic amines) is 1. The van der Waals surface area contributed by atoms with Crippen LogP contribution in [0.15, 0.2) is 10.4 Å². The van der Waals surface area contributed by atoms with Gasteiger partial charge in [-0.05, 0) is 51.6 Å². The van der Waals surface area contributed by atoms with Gasteiger partial charge in [-0.3, -0.25) is 9.89 Å². The van der Waals surface area contributed by atoms with Gasteiger partial charge in [-0.1, -0.05) is 6.92 Å². The standard InChI is InChI=1S/C19H33N5O2S2.HI/c1-3-18-22-17(13-27-18)12-24-8-5-15(6-9-24)11-21-19(20-4-2)23-16-7-10-28(25,26)14-16;/h13,15-16H,3-12,14H2,1-2H3,(H2,20,21,23);1H. The lowest BCUT2D eigenvalue weighted by Gasteiger charge is -2.30. The molecule has 10 heteroatoms. The normalized spacial score (nSPS) is 23.0. The Morgan fingerprint density at radius 2 is 2.07 bits per heavy atom. The second-order valence-corrected chi connectivity index (χ2v) is 10.9. The zero-order valence-electron chi connectivity index (χ0n) is 17.4. The Bertz CT molecular complexity index is 760. The molecule has 0 aromatic carbocycles. The SMILES string of the molecule is CCNC(=NCC1CCN(Cc2csc(CC)n2)CC1)NC1CCS(=O)(=O)C1.I. The van der Waals surface area contributed by atoms with Crippen LogP contribution in [0.1, 0.15) is 43.8 Å². The highest BCUT2D eigenvalue weighted by molar-refractivity contribution is 14.0. The van der Waals surface area contributed by atoms with E-state index in [0.29, 0.717) is 12.3 Å². The van der Waals surface area contributed by atoms with Gasteiger partial charge in [0.25, 0.3) is 0 Å². The van der Waals surface area contributed by atoms with Crippen LogP contribution < -0.4 is 10.6 Å². The van der Waals surface area contributed by atoms with Crippen LogP contribution in [-0.4, -0.2) is 68.0 Å². The third-order valence-corrected chi connectivity index (χ3v) is 8.23. The second-order valence-electron chi connectivity index (χ2n) is 7.77. The van der Waals surface area contributed by atoms with Gasteiger partial charge in [-0.2, -0.15) is 0 Å². The van der Waals surface area contributed by atoms with Crippen molar-refractivity contribution in [2.45, 2.75) is 52.1 Å². The quantitative estimate of drug-likeness (QED) is 0.305. The Hall–Kier alpha value is -0.460. The van der Waals surface area contributed by atoms with E-state index in [2.05, 4.69) is 32.8 Å². The van der Waals surface area contributed by atoms with E-state index in [1.807, 2.05) is 6.92 Å². The van der Waals surface area contributed by atoms with Crippen LogP contribution in [0.5, 0.6) is 0 Å². The molecule has 0 saturated carbocycles. The number of aliphatic imine (C=N–C) groups is 1. The number of aromatic nitrogens is 1. The minimum atomic E-state index is -2.88. The molecular weight excluding hydrogens is 521 g/mol. The molecule has 7 nitrogen and oxygen atoms in total. The lowest BCUT2D eigenvalue weighted by Crippen LogP contribution is -2.44. The minimum Gasteiger partial charge on any atom is -0.357 e. The van der Waals surface area contributed by atoms with Crippen molar-refractivity contribution >= 4 is 51.1 Å². The maximum absolute atomic E-state index is 11.7. The first-order chi connectivity index (χ1) is 13.5. The molecule has 2 fully saturated rings. The second kappa shape index (κ2) is 11.8. The zero-order chi connectivity index (χ0) is 20.0. The molecule has 0 bridgehead atoms. The van der Waals surface area contributed by atoms with Crippen LogP contribution in [0.2, 0.25) is 0 Å². The van der Waals surface area contributed by atoms with Crippen LogP contribution in [-0.2, 0) is 22.8 Å². The van der Waals surface area contributed by atoms with Crippen molar-refractivity contribution in [3.63, 3.8) is 0 Å². The highest BCUT2D eigenvalue weighted by atomic mass is 127. The lowest BCUT2D eigenvalue weighted by molar-refractivity contribution is 0.179. The molecule has 1 unspecified atom stereocenters. The van der Waals surface area contributed by atoms with Gasteiger partial charge in [-0.15, -0.1) is 35.3 Å². The highest BCUT2D eigenvalue weighted by Crippen LogP contribution is 2.20. The van der Waals surface area contributed by atoms with Crippen LogP contribution in [0.25, 0.3) is 0 Å². The maximum atomic E-state index is 11.7. The number of hydrogen-bond donors (Lipinski definition) is 2. The van der Waals surface area contributed by atoms with E-state index in [9.17, 15) is 8.42 Å². The van der Waals surface area contributed by atoms with Crippen LogP contribution in [0, 0.1) is 5.92 Å². The first kappa shape index (κ1) is 24.8. The van der Waals surface area contributed by atoms with Gasteiger partial charge >= 0.3 is 0 Å². The van der Waals surface area contributed by atoms with Gasteiger partial charge in [-0.25, -0.2) is 13.4 Å². The molecule has 1 aromatic heterocycles. The first-order valence-corrected chi connectivity index (χ1v) is 13.1. The molecule has 3 heterocycles. The molecule has 0 amide bonds. The molecule has 1 aromatic rings. The highest BCUT2D eigenvalue weighted by Gasteiger charge is 2.28. The fourth-order valence-corrected chi connectivity index (χ4v) is 6.19. The number of hydrogen-bond acceptors (Lipinski definition) is 6. The average molecular weight is 556 g/mol. The third kappa shape index (κ3) is 7.95. The van der Waals surface area contributed by atoms with E-state index >= 15 is 0 Å². The molecule has 1 atom stereocenters. The van der Waals surface area contributed by atoms with Crippen molar-refractivity contribution < 1.29 is 8.42 Å². The van der Waals surface area contributed by atoms with Crippen molar-refractivity contribution in [1.29, 1.82) is 0 Å². The molecule has 2 aliphatic heterocycles. The Labute approximate surface area is 196 Å². The number of rotatable bonds is 7. The monoisotopic (exact) mass is 555 g/mol. The summed E-state index contributed by atoms with van der Waals surface area (Å²) < 4.78 is 23.3. The van der Waals surface area contributed by atoms with E-state index in [4.69, 9.17) is 4.99 Å². The number of aryl methyl sites for hydroxylation is 1. The first-order valence-electron chi connectivity index (χ1n) is 10.4. The Morgan fingerprint density at radius 1 is 1.31 bits per heavy atom. The van der Waals surface area contributed by atoms with Gasteiger partial charge in [0.05, 0.1) is 22.2 Å². The van der Waals surface area contributed by atoms with Gasteiger partial charge < -0.3 is 10.6 Å². The van der Waals surface area contributed by atoms with Crippen molar-refractivity contribution in [3.8, 4) is 0 Å². The van der Waals surface area contributed by atoms with Crippen molar-refractivity contribution in [2.24, 2.45) is 10.9 Å². The molecule has 0 aliphatic carbocycles. The molecular formula is C19H34IN5O2S2. The Balaban J connectivity index is 0.00000300. The number of thiazole rings is 1. The Morgan fingerprint density at radius 3 is 2.66 bits per heavy atom. The van der Waals surface area contributed by atoms with Crippen molar-refractivity contribution in [2.75, 3.05) is 37.7 Å². The molecule has 29 heavy (non-hydrogen) atoms. The molecule has 2 aliphatic rings. The fraction of sp³-hybridized carbons (Fsp3) is 0.789.